The normalized spacial score (nSPS) is 18.3. The first kappa shape index (κ1) is 16.2. The molecule has 6 nitrogen and oxygen atoms in total. The molecule has 0 radical (unpaired) electrons. The van der Waals surface area contributed by atoms with E-state index in [1.165, 1.54) is 4.90 Å². The van der Waals surface area contributed by atoms with Gasteiger partial charge in [0.25, 0.3) is 0 Å². The average molecular weight is 326 g/mol. The van der Waals surface area contributed by atoms with Crippen LogP contribution in [0.4, 0.5) is 0 Å². The van der Waals surface area contributed by atoms with Crippen LogP contribution in [0.25, 0.3) is 0 Å². The van der Waals surface area contributed by atoms with Gasteiger partial charge in [-0.15, -0.1) is 0 Å². The van der Waals surface area contributed by atoms with E-state index in [1.54, 1.807) is 24.5 Å². The van der Waals surface area contributed by atoms with Gasteiger partial charge in [0.1, 0.15) is 6.04 Å². The zero-order valence-electron chi connectivity index (χ0n) is 13.8. The van der Waals surface area contributed by atoms with Crippen LogP contribution in [0.2, 0.25) is 0 Å². The predicted molar refractivity (Wildman–Crippen MR) is 90.1 cm³/mol. The molecular formula is C18H22N4O2. The molecule has 2 aromatic rings. The van der Waals surface area contributed by atoms with Crippen molar-refractivity contribution in [1.29, 1.82) is 0 Å². The van der Waals surface area contributed by atoms with Crippen LogP contribution in [0.1, 0.15) is 12.0 Å². The minimum Gasteiger partial charge on any atom is -0.337 e. The number of amides is 2. The fourth-order valence-corrected chi connectivity index (χ4v) is 3.09. The minimum atomic E-state index is -0.415. The van der Waals surface area contributed by atoms with Crippen molar-refractivity contribution in [3.8, 4) is 0 Å². The number of imidazole rings is 1. The van der Waals surface area contributed by atoms with Gasteiger partial charge in [-0.1, -0.05) is 30.3 Å². The molecule has 0 unspecified atom stereocenters. The molecule has 1 aliphatic heterocycles. The fraction of sp³-hybridized carbons (Fsp3) is 0.389. The van der Waals surface area contributed by atoms with Crippen molar-refractivity contribution in [3.05, 3.63) is 54.6 Å². The van der Waals surface area contributed by atoms with Crippen molar-refractivity contribution in [2.45, 2.75) is 25.4 Å². The van der Waals surface area contributed by atoms with E-state index in [1.807, 2.05) is 41.1 Å². The number of aryl methyl sites for hydroxylation is 1. The number of nitrogens with zero attached hydrogens (tertiary/aromatic N) is 4. The van der Waals surface area contributed by atoms with E-state index in [9.17, 15) is 9.59 Å². The lowest BCUT2D eigenvalue weighted by Gasteiger charge is -2.39. The number of rotatable bonds is 6. The molecule has 0 saturated carbocycles. The van der Waals surface area contributed by atoms with Gasteiger partial charge in [0.2, 0.25) is 11.8 Å². The van der Waals surface area contributed by atoms with Crippen LogP contribution in [-0.4, -0.2) is 57.3 Å². The number of piperazine rings is 1. The molecule has 2 amide bonds. The first-order valence-electron chi connectivity index (χ1n) is 8.19. The maximum absolute atomic E-state index is 12.6. The number of aromatic nitrogens is 2. The third kappa shape index (κ3) is 3.64. The molecule has 2 heterocycles. The molecule has 0 N–H and O–H groups in total. The van der Waals surface area contributed by atoms with Gasteiger partial charge in [0.05, 0.1) is 12.9 Å². The molecular weight excluding hydrogens is 304 g/mol. The lowest BCUT2D eigenvalue weighted by atomic mass is 10.0. The largest absolute Gasteiger partial charge is 0.337 e. The molecule has 3 rings (SSSR count). The highest BCUT2D eigenvalue weighted by atomic mass is 16.2. The number of hydrogen-bond acceptors (Lipinski definition) is 3. The molecule has 1 fully saturated rings. The van der Waals surface area contributed by atoms with Gasteiger partial charge < -0.3 is 14.4 Å². The molecule has 6 heteroatoms. The van der Waals surface area contributed by atoms with Crippen LogP contribution in [0.5, 0.6) is 0 Å². The van der Waals surface area contributed by atoms with E-state index in [0.717, 1.165) is 18.5 Å². The highest BCUT2D eigenvalue weighted by Gasteiger charge is 2.37. The van der Waals surface area contributed by atoms with Gasteiger partial charge in [-0.05, 0) is 12.0 Å². The van der Waals surface area contributed by atoms with Crippen LogP contribution in [0, 0.1) is 0 Å². The molecule has 0 spiro atoms. The summed E-state index contributed by atoms with van der Waals surface area (Å²) in [7, 11) is 1.70. The average Bonchev–Trinajstić information content (AvgIpc) is 3.09. The second-order valence-corrected chi connectivity index (χ2v) is 6.14. The quantitative estimate of drug-likeness (QED) is 0.801. The maximum Gasteiger partial charge on any atom is 0.245 e. The number of carbonyl (C=O) groups excluding carboxylic acids is 2. The standard InChI is InChI=1S/C18H22N4O2/c1-20-13-17(23)22(10-5-9-21-11-8-19-14-21)16(18(20)24)12-15-6-3-2-4-7-15/h2-4,6-8,11,14,16H,5,9-10,12-13H2,1H3/t16-/m0/s1. The zero-order valence-corrected chi connectivity index (χ0v) is 13.8. The van der Waals surface area contributed by atoms with Gasteiger partial charge >= 0.3 is 0 Å². The van der Waals surface area contributed by atoms with E-state index < -0.39 is 6.04 Å². The topological polar surface area (TPSA) is 58.4 Å². The number of benzene rings is 1. The van der Waals surface area contributed by atoms with Crippen LogP contribution in [0.15, 0.2) is 49.1 Å². The lowest BCUT2D eigenvalue weighted by molar-refractivity contribution is -0.154. The molecule has 126 valence electrons. The molecule has 0 aliphatic carbocycles. The number of carbonyl (C=O) groups is 2. The lowest BCUT2D eigenvalue weighted by Crippen LogP contribution is -2.59. The Morgan fingerprint density at radius 2 is 1.96 bits per heavy atom. The second kappa shape index (κ2) is 7.29. The number of likely N-dealkylation sites (N-methyl/N-ethyl adjacent to an activating group) is 1. The van der Waals surface area contributed by atoms with Gasteiger partial charge in [0, 0.05) is 39.0 Å². The Kier molecular flexibility index (Phi) is 4.93. The summed E-state index contributed by atoms with van der Waals surface area (Å²) < 4.78 is 1.98. The molecule has 24 heavy (non-hydrogen) atoms. The van der Waals surface area contributed by atoms with Crippen molar-refractivity contribution in [3.63, 3.8) is 0 Å². The molecule has 0 bridgehead atoms. The highest BCUT2D eigenvalue weighted by Crippen LogP contribution is 2.17. The van der Waals surface area contributed by atoms with Gasteiger partial charge in [-0.25, -0.2) is 4.98 Å². The van der Waals surface area contributed by atoms with E-state index in [0.29, 0.717) is 13.0 Å². The summed E-state index contributed by atoms with van der Waals surface area (Å²) in [4.78, 5) is 32.3. The number of hydrogen-bond donors (Lipinski definition) is 0. The Morgan fingerprint density at radius 3 is 2.67 bits per heavy atom. The third-order valence-electron chi connectivity index (χ3n) is 4.38. The smallest absolute Gasteiger partial charge is 0.245 e. The summed E-state index contributed by atoms with van der Waals surface area (Å²) in [5.74, 6) is 0.0322. The molecule has 1 atom stereocenters. The van der Waals surface area contributed by atoms with Gasteiger partial charge in [-0.3, -0.25) is 9.59 Å². The zero-order chi connectivity index (χ0) is 16.9. The van der Waals surface area contributed by atoms with Crippen molar-refractivity contribution in [2.75, 3.05) is 20.1 Å². The van der Waals surface area contributed by atoms with Crippen LogP contribution >= 0.6 is 0 Å². The van der Waals surface area contributed by atoms with Crippen LogP contribution in [-0.2, 0) is 22.6 Å². The predicted octanol–water partition coefficient (Wildman–Crippen LogP) is 1.19. The fourth-order valence-electron chi connectivity index (χ4n) is 3.09. The highest BCUT2D eigenvalue weighted by molar-refractivity contribution is 5.94. The van der Waals surface area contributed by atoms with Crippen LogP contribution < -0.4 is 0 Å². The summed E-state index contributed by atoms with van der Waals surface area (Å²) >= 11 is 0. The summed E-state index contributed by atoms with van der Waals surface area (Å²) in [6.07, 6.45) is 6.75. The van der Waals surface area contributed by atoms with Crippen LogP contribution in [0.3, 0.4) is 0 Å². The van der Waals surface area contributed by atoms with Gasteiger partial charge in [-0.2, -0.15) is 0 Å². The third-order valence-corrected chi connectivity index (χ3v) is 4.38. The first-order valence-corrected chi connectivity index (χ1v) is 8.19. The molecule has 1 aliphatic rings. The monoisotopic (exact) mass is 326 g/mol. The minimum absolute atomic E-state index is 0.0149. The van der Waals surface area contributed by atoms with E-state index in [4.69, 9.17) is 0 Å². The Morgan fingerprint density at radius 1 is 1.17 bits per heavy atom. The summed E-state index contributed by atoms with van der Waals surface area (Å²) in [5.41, 5.74) is 1.07. The SMILES string of the molecule is CN1CC(=O)N(CCCn2ccnc2)[C@@H](Cc2ccccc2)C1=O. The van der Waals surface area contributed by atoms with Crippen molar-refractivity contribution >= 4 is 11.8 Å². The molecule has 1 saturated heterocycles. The maximum atomic E-state index is 12.6. The Labute approximate surface area is 141 Å². The van der Waals surface area contributed by atoms with E-state index >= 15 is 0 Å². The van der Waals surface area contributed by atoms with E-state index in [2.05, 4.69) is 4.98 Å². The Balaban J connectivity index is 1.69. The van der Waals surface area contributed by atoms with Crippen molar-refractivity contribution in [1.82, 2.24) is 19.4 Å². The first-order chi connectivity index (χ1) is 11.6. The molecule has 1 aromatic carbocycles. The Hall–Kier alpha value is -2.63. The van der Waals surface area contributed by atoms with Crippen molar-refractivity contribution in [2.24, 2.45) is 0 Å². The Bertz CT molecular complexity index is 684. The second-order valence-electron chi connectivity index (χ2n) is 6.14. The summed E-state index contributed by atoms with van der Waals surface area (Å²) in [5, 5.41) is 0. The van der Waals surface area contributed by atoms with Gasteiger partial charge in [0.15, 0.2) is 0 Å². The summed E-state index contributed by atoms with van der Waals surface area (Å²) in [6.45, 7) is 1.52. The van der Waals surface area contributed by atoms with Crippen molar-refractivity contribution < 1.29 is 9.59 Å². The summed E-state index contributed by atoms with van der Waals surface area (Å²) in [6, 6.07) is 9.44. The van der Waals surface area contributed by atoms with E-state index in [-0.39, 0.29) is 18.4 Å². The molecule has 1 aromatic heterocycles.